The van der Waals surface area contributed by atoms with E-state index in [1.54, 1.807) is 25.4 Å². The SMILES string of the molecule is COc1cccc(C(=O)N2CCC3(C2)c2cccn2-c2ncccc2N3CCF)c1.O=C(O)C(F)(F)F. The normalized spacial score (nSPS) is 18.1. The smallest absolute Gasteiger partial charge is 0.490 e. The fraction of sp³-hybridized carbons (Fsp3) is 0.320. The van der Waals surface area contributed by atoms with Gasteiger partial charge in [-0.1, -0.05) is 6.07 Å². The first kappa shape index (κ1) is 26.0. The number of hydrogen-bond acceptors (Lipinski definition) is 5. The molecule has 1 N–H and O–H groups in total. The van der Waals surface area contributed by atoms with Gasteiger partial charge in [-0.15, -0.1) is 0 Å². The molecule has 0 bridgehead atoms. The van der Waals surface area contributed by atoms with E-state index in [4.69, 9.17) is 14.6 Å². The largest absolute Gasteiger partial charge is 0.497 e. The second-order valence-corrected chi connectivity index (χ2v) is 8.49. The van der Waals surface area contributed by atoms with Gasteiger partial charge in [-0.05, 0) is 48.9 Å². The Morgan fingerprint density at radius 2 is 1.92 bits per heavy atom. The Bertz CT molecular complexity index is 1300. The van der Waals surface area contributed by atoms with Gasteiger partial charge in [-0.3, -0.25) is 4.79 Å². The first-order chi connectivity index (χ1) is 17.6. The van der Waals surface area contributed by atoms with Crippen molar-refractivity contribution in [2.75, 3.05) is 38.3 Å². The van der Waals surface area contributed by atoms with Crippen molar-refractivity contribution in [2.45, 2.75) is 18.1 Å². The Kier molecular flexibility index (Phi) is 7.10. The summed E-state index contributed by atoms with van der Waals surface area (Å²) < 4.78 is 52.7. The highest BCUT2D eigenvalue weighted by Gasteiger charge is 2.50. The van der Waals surface area contributed by atoms with E-state index in [2.05, 4.69) is 20.5 Å². The topological polar surface area (TPSA) is 87.9 Å². The number of fused-ring (bicyclic) bond motifs is 4. The highest BCUT2D eigenvalue weighted by molar-refractivity contribution is 5.95. The first-order valence-corrected chi connectivity index (χ1v) is 11.3. The third-order valence-electron chi connectivity index (χ3n) is 6.43. The summed E-state index contributed by atoms with van der Waals surface area (Å²) in [7, 11) is 1.59. The average Bonchev–Trinajstić information content (AvgIpc) is 3.55. The summed E-state index contributed by atoms with van der Waals surface area (Å²) in [5.74, 6) is -1.34. The molecule has 1 atom stereocenters. The Hall–Kier alpha value is -4.09. The number of carboxylic acids is 1. The van der Waals surface area contributed by atoms with Gasteiger partial charge in [0.05, 0.1) is 18.5 Å². The lowest BCUT2D eigenvalue weighted by Crippen LogP contribution is -2.53. The summed E-state index contributed by atoms with van der Waals surface area (Å²) in [4.78, 5) is 30.7. The third-order valence-corrected chi connectivity index (χ3v) is 6.43. The molecule has 1 saturated heterocycles. The number of methoxy groups -OCH3 is 1. The van der Waals surface area contributed by atoms with E-state index >= 15 is 0 Å². The number of amides is 1. The number of ether oxygens (including phenoxy) is 1. The van der Waals surface area contributed by atoms with Crippen molar-refractivity contribution in [2.24, 2.45) is 0 Å². The number of likely N-dealkylation sites (tertiary alicyclic amines) is 1. The van der Waals surface area contributed by atoms with Crippen molar-refractivity contribution >= 4 is 17.6 Å². The molecule has 0 aliphatic carbocycles. The number of anilines is 1. The maximum Gasteiger partial charge on any atom is 0.490 e. The van der Waals surface area contributed by atoms with E-state index < -0.39 is 24.4 Å². The number of nitrogens with zero attached hydrogens (tertiary/aromatic N) is 4. The van der Waals surface area contributed by atoms with Gasteiger partial charge in [0.2, 0.25) is 0 Å². The van der Waals surface area contributed by atoms with Gasteiger partial charge in [-0.25, -0.2) is 14.2 Å². The van der Waals surface area contributed by atoms with Crippen LogP contribution >= 0.6 is 0 Å². The molecule has 1 spiro atoms. The zero-order valence-electron chi connectivity index (χ0n) is 19.8. The number of rotatable bonds is 4. The molecular weight excluding hydrogens is 496 g/mol. The molecule has 8 nitrogen and oxygen atoms in total. The Morgan fingerprint density at radius 3 is 2.59 bits per heavy atom. The molecule has 4 heterocycles. The van der Waals surface area contributed by atoms with Gasteiger partial charge >= 0.3 is 12.1 Å². The number of halogens is 4. The molecule has 2 aliphatic rings. The summed E-state index contributed by atoms with van der Waals surface area (Å²) in [5, 5.41) is 7.12. The van der Waals surface area contributed by atoms with Gasteiger partial charge < -0.3 is 24.2 Å². The van der Waals surface area contributed by atoms with Crippen molar-refractivity contribution in [1.29, 1.82) is 0 Å². The standard InChI is InChI=1S/C23H23FN4O2.C2HF3O2/c1-30-18-6-2-5-17(15-18)22(29)26-13-9-23(16-26)20-8-4-12-27(20)21-19(7-3-11-25-21)28(23)14-10-24;3-2(4,5)1(6)7/h2-8,11-12,15H,9-10,13-14,16H2,1H3;(H,6,7). The van der Waals surface area contributed by atoms with Crippen LogP contribution in [0, 0.1) is 0 Å². The Labute approximate surface area is 209 Å². The average molecular weight is 520 g/mol. The maximum absolute atomic E-state index is 13.7. The molecule has 0 radical (unpaired) electrons. The van der Waals surface area contributed by atoms with Crippen molar-refractivity contribution in [1.82, 2.24) is 14.5 Å². The van der Waals surface area contributed by atoms with Crippen molar-refractivity contribution in [3.8, 4) is 11.6 Å². The van der Waals surface area contributed by atoms with E-state index in [0.717, 1.165) is 23.6 Å². The molecule has 37 heavy (non-hydrogen) atoms. The number of benzene rings is 1. The highest BCUT2D eigenvalue weighted by atomic mass is 19.4. The molecule has 1 amide bonds. The second-order valence-electron chi connectivity index (χ2n) is 8.49. The number of carboxylic acid groups (broad SMARTS) is 1. The lowest BCUT2D eigenvalue weighted by molar-refractivity contribution is -0.192. The van der Waals surface area contributed by atoms with E-state index in [0.29, 0.717) is 24.4 Å². The van der Waals surface area contributed by atoms with Crippen LogP contribution in [0.4, 0.5) is 23.2 Å². The molecule has 2 aromatic heterocycles. The summed E-state index contributed by atoms with van der Waals surface area (Å²) in [6.07, 6.45) is -0.620. The summed E-state index contributed by atoms with van der Waals surface area (Å²) in [5.41, 5.74) is 2.05. The molecule has 2 aliphatic heterocycles. The van der Waals surface area contributed by atoms with Crippen LogP contribution in [0.2, 0.25) is 0 Å². The minimum absolute atomic E-state index is 0.0407. The number of alkyl halides is 4. The summed E-state index contributed by atoms with van der Waals surface area (Å²) >= 11 is 0. The van der Waals surface area contributed by atoms with E-state index in [1.807, 2.05) is 41.4 Å². The zero-order chi connectivity index (χ0) is 26.8. The zero-order valence-corrected chi connectivity index (χ0v) is 19.8. The fourth-order valence-corrected chi connectivity index (χ4v) is 4.85. The molecule has 12 heteroatoms. The van der Waals surface area contributed by atoms with E-state index in [-0.39, 0.29) is 12.5 Å². The van der Waals surface area contributed by atoms with Crippen LogP contribution in [-0.2, 0) is 10.3 Å². The van der Waals surface area contributed by atoms with Gasteiger partial charge in [0.25, 0.3) is 5.91 Å². The number of hydrogen-bond donors (Lipinski definition) is 1. The predicted octanol–water partition coefficient (Wildman–Crippen LogP) is 4.05. The Balaban J connectivity index is 0.000000405. The predicted molar refractivity (Wildman–Crippen MR) is 126 cm³/mol. The molecule has 1 aromatic carbocycles. The number of carbonyl (C=O) groups excluding carboxylic acids is 1. The minimum atomic E-state index is -5.08. The molecule has 196 valence electrons. The van der Waals surface area contributed by atoms with Crippen molar-refractivity contribution in [3.63, 3.8) is 0 Å². The lowest BCUT2D eigenvalue weighted by Gasteiger charge is -2.46. The van der Waals surface area contributed by atoms with Gasteiger partial charge in [0, 0.05) is 37.6 Å². The molecule has 1 unspecified atom stereocenters. The highest BCUT2D eigenvalue weighted by Crippen LogP contribution is 2.47. The first-order valence-electron chi connectivity index (χ1n) is 11.3. The number of pyridine rings is 1. The van der Waals surface area contributed by atoms with Crippen LogP contribution < -0.4 is 9.64 Å². The van der Waals surface area contributed by atoms with Crippen LogP contribution in [0.25, 0.3) is 5.82 Å². The number of carbonyl (C=O) groups is 2. The Morgan fingerprint density at radius 1 is 1.16 bits per heavy atom. The fourth-order valence-electron chi connectivity index (χ4n) is 4.85. The molecule has 1 fully saturated rings. The maximum atomic E-state index is 13.7. The van der Waals surface area contributed by atoms with Crippen molar-refractivity contribution in [3.05, 3.63) is 72.2 Å². The van der Waals surface area contributed by atoms with Gasteiger partial charge in [0.15, 0.2) is 5.82 Å². The summed E-state index contributed by atoms with van der Waals surface area (Å²) in [6, 6.07) is 15.1. The second kappa shape index (κ2) is 10.1. The quantitative estimate of drug-likeness (QED) is 0.523. The molecule has 0 saturated carbocycles. The minimum Gasteiger partial charge on any atom is -0.497 e. The van der Waals surface area contributed by atoms with Crippen LogP contribution in [0.1, 0.15) is 22.5 Å². The van der Waals surface area contributed by atoms with E-state index in [1.165, 1.54) is 0 Å². The van der Waals surface area contributed by atoms with Crippen LogP contribution in [0.5, 0.6) is 5.75 Å². The van der Waals surface area contributed by atoms with Crippen LogP contribution in [0.15, 0.2) is 60.9 Å². The molecule has 3 aromatic rings. The summed E-state index contributed by atoms with van der Waals surface area (Å²) in [6.45, 7) is 0.868. The number of aliphatic carboxylic acids is 1. The van der Waals surface area contributed by atoms with Crippen molar-refractivity contribution < 1.29 is 37.0 Å². The van der Waals surface area contributed by atoms with E-state index in [9.17, 15) is 22.4 Å². The third kappa shape index (κ3) is 4.83. The molecular formula is C25H24F4N4O4. The lowest BCUT2D eigenvalue weighted by atomic mass is 9.89. The number of aromatic nitrogens is 2. The van der Waals surface area contributed by atoms with Crippen LogP contribution in [0.3, 0.4) is 0 Å². The monoisotopic (exact) mass is 520 g/mol. The van der Waals surface area contributed by atoms with Gasteiger partial charge in [0.1, 0.15) is 18.0 Å². The van der Waals surface area contributed by atoms with Crippen LogP contribution in [-0.4, -0.2) is 71.0 Å². The van der Waals surface area contributed by atoms with Gasteiger partial charge in [-0.2, -0.15) is 13.2 Å². The molecule has 5 rings (SSSR count).